The van der Waals surface area contributed by atoms with Gasteiger partial charge in [0.25, 0.3) is 0 Å². The minimum absolute atomic E-state index is 0.175. The molecule has 1 heterocycles. The highest BCUT2D eigenvalue weighted by Crippen LogP contribution is 2.36. The van der Waals surface area contributed by atoms with E-state index < -0.39 is 29.1 Å². The van der Waals surface area contributed by atoms with Crippen molar-refractivity contribution in [2.45, 2.75) is 24.8 Å². The summed E-state index contributed by atoms with van der Waals surface area (Å²) in [4.78, 5) is 40.1. The number of benzene rings is 1. The summed E-state index contributed by atoms with van der Waals surface area (Å²) in [5.41, 5.74) is -0.756. The van der Waals surface area contributed by atoms with E-state index in [1.165, 1.54) is 19.2 Å². The molecule has 1 saturated carbocycles. The predicted octanol–water partition coefficient (Wildman–Crippen LogP) is 1.28. The highest BCUT2D eigenvalue weighted by atomic mass is 19.1. The number of amides is 3. The first kappa shape index (κ1) is 20.0. The Hall–Kier alpha value is -2.71. The summed E-state index contributed by atoms with van der Waals surface area (Å²) in [5, 5.41) is 5.07. The minimum atomic E-state index is -1.19. The highest BCUT2D eigenvalue weighted by molar-refractivity contribution is 5.89. The number of nitrogens with one attached hydrogen (secondary N) is 2. The van der Waals surface area contributed by atoms with Crippen LogP contribution in [0.3, 0.4) is 0 Å². The third kappa shape index (κ3) is 3.93. The average molecular weight is 394 g/mol. The molecule has 0 spiro atoms. The summed E-state index contributed by atoms with van der Waals surface area (Å²) in [6.45, 7) is 1.61. The molecule has 9 heteroatoms. The van der Waals surface area contributed by atoms with Crippen LogP contribution >= 0.6 is 0 Å². The maximum absolute atomic E-state index is 13.4. The van der Waals surface area contributed by atoms with Crippen LogP contribution in [-0.2, 0) is 9.59 Å². The quantitative estimate of drug-likeness (QED) is 0.754. The minimum Gasteiger partial charge on any atom is -0.368 e. The Morgan fingerprint density at radius 3 is 2.36 bits per heavy atom. The average Bonchev–Trinajstić information content (AvgIpc) is 3.10. The van der Waals surface area contributed by atoms with Crippen molar-refractivity contribution >= 4 is 23.9 Å². The van der Waals surface area contributed by atoms with E-state index in [0.717, 1.165) is 6.07 Å². The first-order valence-corrected chi connectivity index (χ1v) is 9.34. The number of hydrogen-bond donors (Lipinski definition) is 2. The van der Waals surface area contributed by atoms with Crippen molar-refractivity contribution in [1.82, 2.24) is 15.5 Å². The van der Waals surface area contributed by atoms with Crippen LogP contribution in [0.1, 0.15) is 19.3 Å². The molecule has 3 amide bonds. The molecule has 7 nitrogen and oxygen atoms in total. The van der Waals surface area contributed by atoms with Gasteiger partial charge >= 0.3 is 6.03 Å². The van der Waals surface area contributed by atoms with Crippen LogP contribution in [-0.4, -0.2) is 61.9 Å². The number of anilines is 1. The molecule has 1 aromatic carbocycles. The summed E-state index contributed by atoms with van der Waals surface area (Å²) >= 11 is 0. The lowest BCUT2D eigenvalue weighted by Crippen LogP contribution is -2.60. The lowest BCUT2D eigenvalue weighted by molar-refractivity contribution is -0.139. The Bertz CT molecular complexity index is 747. The number of rotatable bonds is 4. The van der Waals surface area contributed by atoms with Crippen LogP contribution in [0.4, 0.5) is 19.3 Å². The van der Waals surface area contributed by atoms with Gasteiger partial charge in [0.05, 0.1) is 5.92 Å². The van der Waals surface area contributed by atoms with Crippen molar-refractivity contribution < 1.29 is 23.2 Å². The van der Waals surface area contributed by atoms with Gasteiger partial charge in [0.15, 0.2) is 0 Å². The topological polar surface area (TPSA) is 81.8 Å². The van der Waals surface area contributed by atoms with E-state index in [-0.39, 0.29) is 5.91 Å². The van der Waals surface area contributed by atoms with E-state index in [2.05, 4.69) is 10.6 Å². The fourth-order valence-corrected chi connectivity index (χ4v) is 4.10. The molecule has 152 valence electrons. The second-order valence-electron chi connectivity index (χ2n) is 7.25. The number of carbonyl (C=O) groups is 3. The molecular weight excluding hydrogens is 370 g/mol. The van der Waals surface area contributed by atoms with Gasteiger partial charge in [0.2, 0.25) is 5.91 Å². The van der Waals surface area contributed by atoms with Gasteiger partial charge in [-0.25, -0.2) is 13.6 Å². The number of urea groups is 1. The maximum Gasteiger partial charge on any atom is 0.315 e. The van der Waals surface area contributed by atoms with E-state index in [1.54, 1.807) is 4.90 Å². The zero-order valence-electron chi connectivity index (χ0n) is 15.7. The van der Waals surface area contributed by atoms with Gasteiger partial charge in [-0.1, -0.05) is 0 Å². The standard InChI is InChI=1S/C19H24F2N4O3/c1-22-18(28)23-19(12-26)4-2-3-16(19)17(27)25-7-5-24(6-8-25)15-10-13(20)9-14(21)11-15/h9-12,16H,2-8H2,1H3,(H2,22,23,28). The lowest BCUT2D eigenvalue weighted by atomic mass is 9.87. The number of carbonyl (C=O) groups excluding carboxylic acids is 3. The Labute approximate surface area is 162 Å². The molecule has 0 radical (unpaired) electrons. The van der Waals surface area contributed by atoms with Crippen LogP contribution in [0, 0.1) is 17.6 Å². The SMILES string of the molecule is CNC(=O)NC1(C=O)CCCC1C(=O)N1CCN(c2cc(F)cc(F)c2)CC1. The zero-order chi connectivity index (χ0) is 20.3. The largest absolute Gasteiger partial charge is 0.368 e. The zero-order valence-corrected chi connectivity index (χ0v) is 15.7. The van der Waals surface area contributed by atoms with E-state index >= 15 is 0 Å². The number of aldehydes is 1. The fourth-order valence-electron chi connectivity index (χ4n) is 4.10. The normalized spacial score (nSPS) is 24.8. The smallest absolute Gasteiger partial charge is 0.315 e. The van der Waals surface area contributed by atoms with Crippen molar-refractivity contribution in [1.29, 1.82) is 0 Å². The number of hydrogen-bond acceptors (Lipinski definition) is 4. The van der Waals surface area contributed by atoms with E-state index in [1.807, 2.05) is 4.90 Å². The molecule has 2 atom stereocenters. The fraction of sp³-hybridized carbons (Fsp3) is 0.526. The van der Waals surface area contributed by atoms with Crippen molar-refractivity contribution in [3.05, 3.63) is 29.8 Å². The van der Waals surface area contributed by atoms with E-state index in [0.29, 0.717) is 57.4 Å². The van der Waals surface area contributed by atoms with Crippen LogP contribution in [0.5, 0.6) is 0 Å². The number of nitrogens with zero attached hydrogens (tertiary/aromatic N) is 2. The summed E-state index contributed by atoms with van der Waals surface area (Å²) in [6.07, 6.45) is 2.28. The molecule has 1 aliphatic heterocycles. The first-order valence-electron chi connectivity index (χ1n) is 9.34. The molecule has 3 rings (SSSR count). The van der Waals surface area contributed by atoms with E-state index in [4.69, 9.17) is 0 Å². The van der Waals surface area contributed by atoms with Gasteiger partial charge in [-0.05, 0) is 31.4 Å². The van der Waals surface area contributed by atoms with Crippen LogP contribution in [0.25, 0.3) is 0 Å². The summed E-state index contributed by atoms with van der Waals surface area (Å²) in [6, 6.07) is 2.86. The van der Waals surface area contributed by atoms with E-state index in [9.17, 15) is 23.2 Å². The van der Waals surface area contributed by atoms with Crippen LogP contribution < -0.4 is 15.5 Å². The third-order valence-electron chi connectivity index (χ3n) is 5.59. The Morgan fingerprint density at radius 2 is 1.79 bits per heavy atom. The molecule has 1 saturated heterocycles. The van der Waals surface area contributed by atoms with Crippen molar-refractivity contribution in [2.75, 3.05) is 38.1 Å². The van der Waals surface area contributed by atoms with Gasteiger partial charge in [-0.2, -0.15) is 0 Å². The van der Waals surface area contributed by atoms with Crippen LogP contribution in [0.2, 0.25) is 0 Å². The summed E-state index contributed by atoms with van der Waals surface area (Å²) < 4.78 is 26.9. The second-order valence-corrected chi connectivity index (χ2v) is 7.25. The maximum atomic E-state index is 13.4. The monoisotopic (exact) mass is 394 g/mol. The van der Waals surface area contributed by atoms with Crippen LogP contribution in [0.15, 0.2) is 18.2 Å². The molecule has 2 fully saturated rings. The summed E-state index contributed by atoms with van der Waals surface area (Å²) in [5.74, 6) is -2.07. The van der Waals surface area contributed by atoms with Gasteiger partial charge in [0.1, 0.15) is 23.5 Å². The van der Waals surface area contributed by atoms with Crippen molar-refractivity contribution in [3.8, 4) is 0 Å². The predicted molar refractivity (Wildman–Crippen MR) is 98.9 cm³/mol. The molecule has 1 aromatic rings. The van der Waals surface area contributed by atoms with Gasteiger partial charge in [-0.15, -0.1) is 0 Å². The second kappa shape index (κ2) is 8.12. The van der Waals surface area contributed by atoms with Crippen molar-refractivity contribution in [2.24, 2.45) is 5.92 Å². The van der Waals surface area contributed by atoms with Gasteiger partial charge in [0, 0.05) is 45.0 Å². The first-order chi connectivity index (χ1) is 13.4. The Balaban J connectivity index is 1.67. The molecule has 2 unspecified atom stereocenters. The molecule has 0 bridgehead atoms. The third-order valence-corrected chi connectivity index (χ3v) is 5.59. The summed E-state index contributed by atoms with van der Waals surface area (Å²) in [7, 11) is 1.45. The number of piperazine rings is 1. The lowest BCUT2D eigenvalue weighted by Gasteiger charge is -2.39. The Kier molecular flexibility index (Phi) is 5.81. The molecule has 28 heavy (non-hydrogen) atoms. The number of halogens is 2. The molecular formula is C19H24F2N4O3. The highest BCUT2D eigenvalue weighted by Gasteiger charge is 2.49. The molecule has 0 aromatic heterocycles. The Morgan fingerprint density at radius 1 is 1.14 bits per heavy atom. The van der Waals surface area contributed by atoms with Crippen molar-refractivity contribution in [3.63, 3.8) is 0 Å². The molecule has 1 aliphatic carbocycles. The van der Waals surface area contributed by atoms with Gasteiger partial charge < -0.3 is 25.2 Å². The molecule has 2 N–H and O–H groups in total. The molecule has 2 aliphatic rings. The van der Waals surface area contributed by atoms with Gasteiger partial charge in [-0.3, -0.25) is 4.79 Å².